The Bertz CT molecular complexity index is 415. The van der Waals surface area contributed by atoms with E-state index in [1.54, 1.807) is 0 Å². The molecule has 0 saturated carbocycles. The SMILES string of the molecule is CCCNC(COCC)c1cc(C(F)(F)F)ccc1Br. The van der Waals surface area contributed by atoms with E-state index in [9.17, 15) is 13.2 Å². The van der Waals surface area contributed by atoms with Gasteiger partial charge in [0, 0.05) is 11.1 Å². The normalized spacial score (nSPS) is 13.5. The zero-order chi connectivity index (χ0) is 15.2. The molecule has 0 fully saturated rings. The van der Waals surface area contributed by atoms with E-state index in [2.05, 4.69) is 21.2 Å². The molecule has 6 heteroatoms. The highest BCUT2D eigenvalue weighted by Crippen LogP contribution is 2.34. The number of halogens is 4. The van der Waals surface area contributed by atoms with Crippen LogP contribution in [0.3, 0.4) is 0 Å². The highest BCUT2D eigenvalue weighted by atomic mass is 79.9. The molecule has 0 aliphatic rings. The number of hydrogen-bond acceptors (Lipinski definition) is 2. The van der Waals surface area contributed by atoms with Crippen molar-refractivity contribution in [3.05, 3.63) is 33.8 Å². The van der Waals surface area contributed by atoms with Crippen LogP contribution in [0.25, 0.3) is 0 Å². The quantitative estimate of drug-likeness (QED) is 0.776. The van der Waals surface area contributed by atoms with Crippen LogP contribution in [-0.4, -0.2) is 19.8 Å². The smallest absolute Gasteiger partial charge is 0.380 e. The minimum absolute atomic E-state index is 0.258. The third-order valence-corrected chi connectivity index (χ3v) is 3.55. The Balaban J connectivity index is 3.03. The summed E-state index contributed by atoms with van der Waals surface area (Å²) in [7, 11) is 0. The molecule has 1 aromatic carbocycles. The van der Waals surface area contributed by atoms with Gasteiger partial charge in [-0.1, -0.05) is 22.9 Å². The summed E-state index contributed by atoms with van der Waals surface area (Å²) >= 11 is 3.32. The van der Waals surface area contributed by atoms with Crippen LogP contribution in [0.4, 0.5) is 13.2 Å². The van der Waals surface area contributed by atoms with Crippen molar-refractivity contribution in [2.75, 3.05) is 19.8 Å². The average Bonchev–Trinajstić information content (AvgIpc) is 2.39. The molecule has 0 radical (unpaired) electrons. The second-order valence-electron chi connectivity index (χ2n) is 4.40. The van der Waals surface area contributed by atoms with E-state index in [1.807, 2.05) is 13.8 Å². The maximum absolute atomic E-state index is 12.8. The average molecular weight is 354 g/mol. The van der Waals surface area contributed by atoms with Crippen LogP contribution in [0.2, 0.25) is 0 Å². The number of alkyl halides is 3. The van der Waals surface area contributed by atoms with E-state index in [1.165, 1.54) is 12.1 Å². The molecule has 0 spiro atoms. The van der Waals surface area contributed by atoms with Crippen molar-refractivity contribution in [2.24, 2.45) is 0 Å². The lowest BCUT2D eigenvalue weighted by Crippen LogP contribution is -2.27. The number of hydrogen-bond donors (Lipinski definition) is 1. The third-order valence-electron chi connectivity index (χ3n) is 2.83. The summed E-state index contributed by atoms with van der Waals surface area (Å²) in [5, 5.41) is 3.22. The van der Waals surface area contributed by atoms with E-state index >= 15 is 0 Å². The topological polar surface area (TPSA) is 21.3 Å². The lowest BCUT2D eigenvalue weighted by atomic mass is 10.0. The maximum Gasteiger partial charge on any atom is 0.416 e. The Morgan fingerprint density at radius 2 is 2.00 bits per heavy atom. The summed E-state index contributed by atoms with van der Waals surface area (Å²) in [5.41, 5.74) is -0.0720. The van der Waals surface area contributed by atoms with Crippen LogP contribution in [0, 0.1) is 0 Å². The molecule has 0 amide bonds. The molecule has 20 heavy (non-hydrogen) atoms. The second-order valence-corrected chi connectivity index (χ2v) is 5.25. The standard InChI is InChI=1S/C14H19BrF3NO/c1-3-7-19-13(9-20-4-2)11-8-10(14(16,17)18)5-6-12(11)15/h5-6,8,13,19H,3-4,7,9H2,1-2H3. The third kappa shape index (κ3) is 5.07. The van der Waals surface area contributed by atoms with E-state index in [0.717, 1.165) is 19.0 Å². The van der Waals surface area contributed by atoms with Crippen molar-refractivity contribution in [1.29, 1.82) is 0 Å². The molecular weight excluding hydrogens is 335 g/mol. The summed E-state index contributed by atoms with van der Waals surface area (Å²) in [4.78, 5) is 0. The molecule has 114 valence electrons. The Kier molecular flexibility index (Phi) is 6.99. The molecule has 0 heterocycles. The fourth-order valence-corrected chi connectivity index (χ4v) is 2.32. The molecule has 1 atom stereocenters. The van der Waals surface area contributed by atoms with Crippen molar-refractivity contribution < 1.29 is 17.9 Å². The highest BCUT2D eigenvalue weighted by Gasteiger charge is 2.31. The van der Waals surface area contributed by atoms with Crippen molar-refractivity contribution in [2.45, 2.75) is 32.5 Å². The van der Waals surface area contributed by atoms with Crippen molar-refractivity contribution in [1.82, 2.24) is 5.32 Å². The molecule has 0 aliphatic heterocycles. The highest BCUT2D eigenvalue weighted by molar-refractivity contribution is 9.10. The minimum atomic E-state index is -4.34. The number of nitrogens with one attached hydrogen (secondary N) is 1. The first-order valence-electron chi connectivity index (χ1n) is 6.57. The van der Waals surface area contributed by atoms with Crippen LogP contribution >= 0.6 is 15.9 Å². The fraction of sp³-hybridized carbons (Fsp3) is 0.571. The Hall–Kier alpha value is -0.590. The second kappa shape index (κ2) is 8.00. The summed E-state index contributed by atoms with van der Waals surface area (Å²) < 4.78 is 44.4. The van der Waals surface area contributed by atoms with Gasteiger partial charge in [0.1, 0.15) is 0 Å². The Labute approximate surface area is 125 Å². The molecule has 1 N–H and O–H groups in total. The van der Waals surface area contributed by atoms with Gasteiger partial charge in [0.15, 0.2) is 0 Å². The molecule has 0 aromatic heterocycles. The summed E-state index contributed by atoms with van der Waals surface area (Å²) in [6.07, 6.45) is -3.43. The lowest BCUT2D eigenvalue weighted by Gasteiger charge is -2.21. The molecule has 0 saturated heterocycles. The van der Waals surface area contributed by atoms with E-state index < -0.39 is 11.7 Å². The van der Waals surface area contributed by atoms with Gasteiger partial charge in [-0.05, 0) is 43.7 Å². The van der Waals surface area contributed by atoms with Gasteiger partial charge in [-0.3, -0.25) is 0 Å². The van der Waals surface area contributed by atoms with Crippen molar-refractivity contribution >= 4 is 15.9 Å². The van der Waals surface area contributed by atoms with Crippen LogP contribution < -0.4 is 5.32 Å². The monoisotopic (exact) mass is 353 g/mol. The zero-order valence-corrected chi connectivity index (χ0v) is 13.1. The van der Waals surface area contributed by atoms with Crippen LogP contribution in [0.15, 0.2) is 22.7 Å². The number of rotatable bonds is 7. The largest absolute Gasteiger partial charge is 0.416 e. The Morgan fingerprint density at radius 1 is 1.30 bits per heavy atom. The van der Waals surface area contributed by atoms with Gasteiger partial charge in [-0.2, -0.15) is 13.2 Å². The first-order chi connectivity index (χ1) is 9.40. The lowest BCUT2D eigenvalue weighted by molar-refractivity contribution is -0.137. The van der Waals surface area contributed by atoms with Gasteiger partial charge in [0.2, 0.25) is 0 Å². The van der Waals surface area contributed by atoms with Crippen molar-refractivity contribution in [3.63, 3.8) is 0 Å². The molecule has 2 nitrogen and oxygen atoms in total. The first-order valence-corrected chi connectivity index (χ1v) is 7.37. The number of ether oxygens (including phenoxy) is 1. The number of benzene rings is 1. The molecule has 1 aromatic rings. The van der Waals surface area contributed by atoms with Gasteiger partial charge < -0.3 is 10.1 Å². The molecular formula is C14H19BrF3NO. The summed E-state index contributed by atoms with van der Waals surface area (Å²) in [5.74, 6) is 0. The van der Waals surface area contributed by atoms with Gasteiger partial charge in [0.25, 0.3) is 0 Å². The van der Waals surface area contributed by atoms with E-state index in [4.69, 9.17) is 4.74 Å². The predicted molar refractivity (Wildman–Crippen MR) is 76.7 cm³/mol. The molecule has 0 aliphatic carbocycles. The molecule has 0 bridgehead atoms. The molecule has 1 unspecified atom stereocenters. The Morgan fingerprint density at radius 3 is 2.55 bits per heavy atom. The summed E-state index contributed by atoms with van der Waals surface area (Å²) in [6, 6.07) is 3.43. The summed E-state index contributed by atoms with van der Waals surface area (Å²) in [6.45, 7) is 5.46. The zero-order valence-electron chi connectivity index (χ0n) is 11.6. The van der Waals surface area contributed by atoms with Gasteiger partial charge in [-0.25, -0.2) is 0 Å². The van der Waals surface area contributed by atoms with E-state index in [0.29, 0.717) is 23.2 Å². The van der Waals surface area contributed by atoms with Crippen molar-refractivity contribution in [3.8, 4) is 0 Å². The van der Waals surface area contributed by atoms with E-state index in [-0.39, 0.29) is 6.04 Å². The van der Waals surface area contributed by atoms with Crippen LogP contribution in [0.5, 0.6) is 0 Å². The van der Waals surface area contributed by atoms with Crippen LogP contribution in [0.1, 0.15) is 37.4 Å². The van der Waals surface area contributed by atoms with Gasteiger partial charge in [-0.15, -0.1) is 0 Å². The first kappa shape index (κ1) is 17.5. The minimum Gasteiger partial charge on any atom is -0.380 e. The fourth-order valence-electron chi connectivity index (χ4n) is 1.80. The van der Waals surface area contributed by atoms with Crippen LogP contribution in [-0.2, 0) is 10.9 Å². The maximum atomic E-state index is 12.8. The predicted octanol–water partition coefficient (Wildman–Crippen LogP) is 4.55. The molecule has 1 rings (SSSR count). The van der Waals surface area contributed by atoms with Gasteiger partial charge >= 0.3 is 6.18 Å². The van der Waals surface area contributed by atoms with Gasteiger partial charge in [0.05, 0.1) is 18.2 Å².